The molecule has 1 saturated heterocycles. The van der Waals surface area contributed by atoms with E-state index in [0.29, 0.717) is 31.7 Å². The molecule has 1 atom stereocenters. The molecule has 0 saturated carbocycles. The lowest BCUT2D eigenvalue weighted by Gasteiger charge is -2.45. The van der Waals surface area contributed by atoms with Gasteiger partial charge in [-0.25, -0.2) is 13.9 Å². The fourth-order valence-corrected chi connectivity index (χ4v) is 4.90. The highest BCUT2D eigenvalue weighted by molar-refractivity contribution is 6.31. The minimum atomic E-state index is -1.36. The van der Waals surface area contributed by atoms with Crippen LogP contribution in [0, 0.1) is 5.82 Å². The Labute approximate surface area is 205 Å². The van der Waals surface area contributed by atoms with Crippen LogP contribution in [0.1, 0.15) is 34.3 Å². The normalized spacial score (nSPS) is 19.2. The Morgan fingerprint density at radius 2 is 2.20 bits per heavy atom. The van der Waals surface area contributed by atoms with Crippen LogP contribution in [0.5, 0.6) is 5.75 Å². The van der Waals surface area contributed by atoms with Crippen LogP contribution in [0.2, 0.25) is 5.02 Å². The molecule has 9 nitrogen and oxygen atoms in total. The summed E-state index contributed by atoms with van der Waals surface area (Å²) in [7, 11) is 1.58. The molecule has 5 rings (SSSR count). The molecule has 0 aliphatic carbocycles. The number of hydrogen-bond donors (Lipinski definition) is 2. The average Bonchev–Trinajstić information content (AvgIpc) is 3.20. The van der Waals surface area contributed by atoms with Gasteiger partial charge in [0.15, 0.2) is 11.4 Å². The van der Waals surface area contributed by atoms with Gasteiger partial charge in [-0.05, 0) is 42.7 Å². The van der Waals surface area contributed by atoms with Crippen LogP contribution < -0.4 is 15.8 Å². The first kappa shape index (κ1) is 23.0. The lowest BCUT2D eigenvalue weighted by molar-refractivity contribution is -0.0418. The van der Waals surface area contributed by atoms with Gasteiger partial charge < -0.3 is 20.1 Å². The second-order valence-electron chi connectivity index (χ2n) is 8.58. The average molecular weight is 500 g/mol. The predicted octanol–water partition coefficient (Wildman–Crippen LogP) is 4.01. The van der Waals surface area contributed by atoms with Crippen molar-refractivity contribution in [3.8, 4) is 5.75 Å². The number of benzene rings is 2. The fourth-order valence-electron chi connectivity index (χ4n) is 4.75. The van der Waals surface area contributed by atoms with Crippen LogP contribution in [0.3, 0.4) is 0 Å². The number of likely N-dealkylation sites (tertiary alicyclic amines) is 1. The number of rotatable bonds is 4. The van der Waals surface area contributed by atoms with E-state index in [9.17, 15) is 9.59 Å². The van der Waals surface area contributed by atoms with Gasteiger partial charge in [0.1, 0.15) is 17.1 Å². The molecule has 3 N–H and O–H groups in total. The van der Waals surface area contributed by atoms with Crippen molar-refractivity contribution in [1.29, 1.82) is 0 Å². The Morgan fingerprint density at radius 3 is 3.00 bits per heavy atom. The van der Waals surface area contributed by atoms with E-state index in [1.807, 2.05) is 24.3 Å². The molecule has 1 spiro atoms. The van der Waals surface area contributed by atoms with E-state index < -0.39 is 17.5 Å². The molecule has 1 fully saturated rings. The summed E-state index contributed by atoms with van der Waals surface area (Å²) >= 11 is 6.03. The van der Waals surface area contributed by atoms with Gasteiger partial charge in [0.05, 0.1) is 42.7 Å². The number of fused-ring (bicyclic) bond motifs is 2. The molecule has 11 heteroatoms. The number of carbonyl (C=O) groups excluding carboxylic acids is 2. The van der Waals surface area contributed by atoms with Crippen LogP contribution in [0.15, 0.2) is 42.6 Å². The third-order valence-electron chi connectivity index (χ3n) is 6.39. The van der Waals surface area contributed by atoms with Gasteiger partial charge in [-0.2, -0.15) is 5.10 Å². The van der Waals surface area contributed by atoms with Gasteiger partial charge in [0.25, 0.3) is 5.91 Å². The smallest absolute Gasteiger partial charge is 0.412 e. The molecule has 3 aromatic rings. The molecule has 0 unspecified atom stereocenters. The zero-order valence-corrected chi connectivity index (χ0v) is 19.6. The highest BCUT2D eigenvalue weighted by Crippen LogP contribution is 2.45. The molecule has 182 valence electrons. The summed E-state index contributed by atoms with van der Waals surface area (Å²) in [5.74, 6) is -0.150. The predicted molar refractivity (Wildman–Crippen MR) is 127 cm³/mol. The number of hydrogen-bond acceptors (Lipinski definition) is 6. The summed E-state index contributed by atoms with van der Waals surface area (Å²) in [6.07, 6.45) is 1.54. The second-order valence-corrected chi connectivity index (χ2v) is 8.98. The van der Waals surface area contributed by atoms with Crippen molar-refractivity contribution < 1.29 is 23.5 Å². The van der Waals surface area contributed by atoms with E-state index in [-0.39, 0.29) is 40.1 Å². The Kier molecular flexibility index (Phi) is 5.76. The number of amides is 2. The SMILES string of the molecule is COc1cccc(Cn2ncc(C(=O)N3CCC[C@@]4(C3)OC(=O)Nc3ccc(Cl)c(F)c34)c2N)c1. The summed E-state index contributed by atoms with van der Waals surface area (Å²) in [6, 6.07) is 10.4. The van der Waals surface area contributed by atoms with Gasteiger partial charge in [0, 0.05) is 6.54 Å². The largest absolute Gasteiger partial charge is 0.497 e. The van der Waals surface area contributed by atoms with E-state index in [1.165, 1.54) is 27.9 Å². The Hall–Kier alpha value is -3.79. The molecule has 2 amide bonds. The standard InChI is InChI=1S/C24H23ClFN5O4/c1-34-15-5-2-4-14(10-15)12-31-21(27)16(11-28-31)22(32)30-9-3-8-24(13-30)19-18(29-23(33)35-24)7-6-17(25)20(19)26/h2,4-7,10-11H,3,8-9,12-13,27H2,1H3,(H,29,33)/t24-/m0/s1. The first-order valence-electron chi connectivity index (χ1n) is 11.0. The Bertz CT molecular complexity index is 1330. The minimum Gasteiger partial charge on any atom is -0.497 e. The van der Waals surface area contributed by atoms with Crippen LogP contribution >= 0.6 is 11.6 Å². The monoisotopic (exact) mass is 499 g/mol. The van der Waals surface area contributed by atoms with Gasteiger partial charge in [0.2, 0.25) is 0 Å². The molecule has 2 aliphatic heterocycles. The maximum absolute atomic E-state index is 15.1. The van der Waals surface area contributed by atoms with E-state index in [0.717, 1.165) is 5.56 Å². The second kappa shape index (κ2) is 8.77. The number of aromatic nitrogens is 2. The number of nitrogen functional groups attached to an aromatic ring is 1. The number of nitrogens with one attached hydrogen (secondary N) is 1. The molecule has 2 aliphatic rings. The lowest BCUT2D eigenvalue weighted by atomic mass is 9.83. The van der Waals surface area contributed by atoms with E-state index in [1.54, 1.807) is 7.11 Å². The molecule has 3 heterocycles. The Morgan fingerprint density at radius 1 is 1.37 bits per heavy atom. The third kappa shape index (κ3) is 4.03. The molecule has 1 aromatic heterocycles. The van der Waals surface area contributed by atoms with Crippen LogP contribution in [-0.4, -0.2) is 46.9 Å². The number of piperidine rings is 1. The quantitative estimate of drug-likeness (QED) is 0.561. The van der Waals surface area contributed by atoms with Crippen molar-refractivity contribution in [2.24, 2.45) is 0 Å². The van der Waals surface area contributed by atoms with Crippen LogP contribution in [-0.2, 0) is 16.9 Å². The third-order valence-corrected chi connectivity index (χ3v) is 6.69. The van der Waals surface area contributed by atoms with Gasteiger partial charge in [-0.15, -0.1) is 0 Å². The van der Waals surface area contributed by atoms with Crippen molar-refractivity contribution in [2.75, 3.05) is 31.2 Å². The summed E-state index contributed by atoms with van der Waals surface area (Å²) < 4.78 is 27.5. The number of methoxy groups -OCH3 is 1. The van der Waals surface area contributed by atoms with Gasteiger partial charge in [-0.3, -0.25) is 10.1 Å². The van der Waals surface area contributed by atoms with Gasteiger partial charge >= 0.3 is 6.09 Å². The van der Waals surface area contributed by atoms with Crippen molar-refractivity contribution in [3.63, 3.8) is 0 Å². The Balaban J connectivity index is 1.42. The topological polar surface area (TPSA) is 112 Å². The van der Waals surface area contributed by atoms with E-state index in [2.05, 4.69) is 10.4 Å². The number of carbonyl (C=O) groups is 2. The number of ether oxygens (including phenoxy) is 2. The van der Waals surface area contributed by atoms with Crippen molar-refractivity contribution >= 4 is 35.1 Å². The number of nitrogens with zero attached hydrogens (tertiary/aromatic N) is 3. The summed E-state index contributed by atoms with van der Waals surface area (Å²) in [6.45, 7) is 0.703. The number of halogens is 2. The maximum atomic E-state index is 15.1. The highest BCUT2D eigenvalue weighted by atomic mass is 35.5. The molecule has 0 bridgehead atoms. The van der Waals surface area contributed by atoms with Crippen molar-refractivity contribution in [1.82, 2.24) is 14.7 Å². The lowest BCUT2D eigenvalue weighted by Crippen LogP contribution is -2.53. The maximum Gasteiger partial charge on any atom is 0.412 e. The summed E-state index contributed by atoms with van der Waals surface area (Å²) in [5.41, 5.74) is 6.48. The van der Waals surface area contributed by atoms with Gasteiger partial charge in [-0.1, -0.05) is 23.7 Å². The van der Waals surface area contributed by atoms with E-state index >= 15 is 4.39 Å². The number of anilines is 2. The molecule has 2 aromatic carbocycles. The first-order chi connectivity index (χ1) is 16.8. The molecular weight excluding hydrogens is 477 g/mol. The van der Waals surface area contributed by atoms with Crippen LogP contribution in [0.25, 0.3) is 0 Å². The van der Waals surface area contributed by atoms with Crippen LogP contribution in [0.4, 0.5) is 20.7 Å². The van der Waals surface area contributed by atoms with Crippen molar-refractivity contribution in [2.45, 2.75) is 25.0 Å². The molecule has 35 heavy (non-hydrogen) atoms. The highest BCUT2D eigenvalue weighted by Gasteiger charge is 2.48. The fraction of sp³-hybridized carbons (Fsp3) is 0.292. The summed E-state index contributed by atoms with van der Waals surface area (Å²) in [4.78, 5) is 27.2. The minimum absolute atomic E-state index is 0.0377. The summed E-state index contributed by atoms with van der Waals surface area (Å²) in [5, 5.41) is 6.72. The zero-order valence-electron chi connectivity index (χ0n) is 18.9. The number of nitrogens with two attached hydrogens (primary N) is 1. The zero-order chi connectivity index (χ0) is 24.7. The van der Waals surface area contributed by atoms with Crippen molar-refractivity contribution in [3.05, 3.63) is 70.1 Å². The molecular formula is C24H23ClFN5O4. The van der Waals surface area contributed by atoms with E-state index in [4.69, 9.17) is 26.8 Å². The first-order valence-corrected chi connectivity index (χ1v) is 11.4. The molecule has 0 radical (unpaired) electrons.